The summed E-state index contributed by atoms with van der Waals surface area (Å²) in [7, 11) is 2.05. The highest BCUT2D eigenvalue weighted by Crippen LogP contribution is 2.34. The van der Waals surface area contributed by atoms with Crippen LogP contribution in [0.1, 0.15) is 32.6 Å². The minimum absolute atomic E-state index is 0.304. The zero-order chi connectivity index (χ0) is 13.3. The molecule has 4 heteroatoms. The summed E-state index contributed by atoms with van der Waals surface area (Å²) in [5.74, 6) is 0.456. The van der Waals surface area contributed by atoms with Crippen LogP contribution in [0.4, 0.5) is 15.8 Å². The Morgan fingerprint density at radius 1 is 1.39 bits per heavy atom. The number of hydrogen-bond acceptors (Lipinski definition) is 2. The highest BCUT2D eigenvalue weighted by atomic mass is 79.9. The van der Waals surface area contributed by atoms with Gasteiger partial charge >= 0.3 is 0 Å². The van der Waals surface area contributed by atoms with Crippen molar-refractivity contribution in [1.82, 2.24) is 0 Å². The molecule has 0 aromatic heterocycles. The predicted octanol–water partition coefficient (Wildman–Crippen LogP) is 4.19. The summed E-state index contributed by atoms with van der Waals surface area (Å²) in [6.45, 7) is 2.30. The van der Waals surface area contributed by atoms with Gasteiger partial charge in [0.25, 0.3) is 0 Å². The van der Waals surface area contributed by atoms with Gasteiger partial charge in [-0.2, -0.15) is 0 Å². The lowest BCUT2D eigenvalue weighted by Gasteiger charge is -2.36. The van der Waals surface area contributed by atoms with Gasteiger partial charge in [0, 0.05) is 19.2 Å². The molecule has 1 saturated carbocycles. The topological polar surface area (TPSA) is 29.3 Å². The molecule has 2 nitrogen and oxygen atoms in total. The average molecular weight is 315 g/mol. The summed E-state index contributed by atoms with van der Waals surface area (Å²) in [5.41, 5.74) is 7.36. The largest absolute Gasteiger partial charge is 0.397 e. The molecule has 0 amide bonds. The van der Waals surface area contributed by atoms with Crippen LogP contribution in [0.2, 0.25) is 0 Å². The molecule has 0 saturated heterocycles. The van der Waals surface area contributed by atoms with Gasteiger partial charge in [0.2, 0.25) is 0 Å². The fourth-order valence-corrected chi connectivity index (χ4v) is 3.14. The first-order chi connectivity index (χ1) is 8.49. The molecule has 1 aliphatic carbocycles. The Balaban J connectivity index is 2.22. The molecular formula is C14H20BrFN2. The third-order valence-electron chi connectivity index (χ3n) is 3.91. The maximum atomic E-state index is 13.4. The van der Waals surface area contributed by atoms with Crippen molar-refractivity contribution in [3.8, 4) is 0 Å². The zero-order valence-corrected chi connectivity index (χ0v) is 12.5. The van der Waals surface area contributed by atoms with Gasteiger partial charge in [0.15, 0.2) is 0 Å². The van der Waals surface area contributed by atoms with E-state index in [1.165, 1.54) is 31.7 Å². The van der Waals surface area contributed by atoms with Crippen LogP contribution in [0, 0.1) is 11.7 Å². The van der Waals surface area contributed by atoms with Crippen LogP contribution in [-0.4, -0.2) is 13.1 Å². The number of benzene rings is 1. The van der Waals surface area contributed by atoms with Crippen molar-refractivity contribution in [2.75, 3.05) is 17.7 Å². The van der Waals surface area contributed by atoms with E-state index in [0.29, 0.717) is 16.2 Å². The highest BCUT2D eigenvalue weighted by molar-refractivity contribution is 9.10. The first-order valence-electron chi connectivity index (χ1n) is 6.46. The summed E-state index contributed by atoms with van der Waals surface area (Å²) in [6.07, 6.45) is 4.95. The summed E-state index contributed by atoms with van der Waals surface area (Å²) in [5, 5.41) is 0. The second-order valence-corrected chi connectivity index (χ2v) is 6.22. The average Bonchev–Trinajstić information content (AvgIpc) is 2.33. The number of anilines is 2. The van der Waals surface area contributed by atoms with Gasteiger partial charge in [0.05, 0.1) is 15.8 Å². The molecule has 2 N–H and O–H groups in total. The van der Waals surface area contributed by atoms with Crippen molar-refractivity contribution in [3.05, 3.63) is 22.4 Å². The van der Waals surface area contributed by atoms with E-state index in [4.69, 9.17) is 5.73 Å². The van der Waals surface area contributed by atoms with Gasteiger partial charge in [-0.3, -0.25) is 0 Å². The Morgan fingerprint density at radius 3 is 2.78 bits per heavy atom. The summed E-state index contributed by atoms with van der Waals surface area (Å²) in [6, 6.07) is 3.68. The fourth-order valence-electron chi connectivity index (χ4n) is 2.81. The van der Waals surface area contributed by atoms with E-state index in [2.05, 4.69) is 34.8 Å². The van der Waals surface area contributed by atoms with Crippen molar-refractivity contribution in [2.24, 2.45) is 5.92 Å². The molecule has 1 aromatic carbocycles. The van der Waals surface area contributed by atoms with Gasteiger partial charge in [-0.1, -0.05) is 19.8 Å². The minimum Gasteiger partial charge on any atom is -0.397 e. The van der Waals surface area contributed by atoms with E-state index in [-0.39, 0.29) is 5.82 Å². The van der Waals surface area contributed by atoms with Gasteiger partial charge in [-0.25, -0.2) is 4.39 Å². The summed E-state index contributed by atoms with van der Waals surface area (Å²) < 4.78 is 13.9. The Morgan fingerprint density at radius 2 is 2.11 bits per heavy atom. The Labute approximate surface area is 116 Å². The van der Waals surface area contributed by atoms with Crippen molar-refractivity contribution < 1.29 is 4.39 Å². The lowest BCUT2D eigenvalue weighted by molar-refractivity contribution is 0.336. The molecule has 1 aromatic rings. The van der Waals surface area contributed by atoms with Crippen LogP contribution in [-0.2, 0) is 0 Å². The van der Waals surface area contributed by atoms with Crippen molar-refractivity contribution in [3.63, 3.8) is 0 Å². The number of halogens is 2. The van der Waals surface area contributed by atoms with Gasteiger partial charge in [0.1, 0.15) is 5.82 Å². The van der Waals surface area contributed by atoms with E-state index in [1.807, 2.05) is 0 Å². The lowest BCUT2D eigenvalue weighted by Crippen LogP contribution is -2.36. The quantitative estimate of drug-likeness (QED) is 0.829. The highest BCUT2D eigenvalue weighted by Gasteiger charge is 2.24. The molecule has 0 aliphatic heterocycles. The van der Waals surface area contributed by atoms with E-state index >= 15 is 0 Å². The standard InChI is InChI=1S/C14H20BrFN2/c1-9-4-3-5-10(6-9)18(2)14-7-11(15)12(16)8-13(14)17/h7-10H,3-6,17H2,1-2H3. The maximum absolute atomic E-state index is 13.4. The Bertz CT molecular complexity index is 436. The van der Waals surface area contributed by atoms with Crippen LogP contribution in [0.5, 0.6) is 0 Å². The van der Waals surface area contributed by atoms with Crippen LogP contribution in [0.3, 0.4) is 0 Å². The smallest absolute Gasteiger partial charge is 0.139 e. The predicted molar refractivity (Wildman–Crippen MR) is 78.3 cm³/mol. The first-order valence-corrected chi connectivity index (χ1v) is 7.25. The molecular weight excluding hydrogens is 295 g/mol. The number of nitrogen functional groups attached to an aromatic ring is 1. The van der Waals surface area contributed by atoms with Crippen molar-refractivity contribution >= 4 is 27.3 Å². The Kier molecular flexibility index (Phi) is 4.15. The molecule has 0 bridgehead atoms. The van der Waals surface area contributed by atoms with E-state index < -0.39 is 0 Å². The van der Waals surface area contributed by atoms with E-state index in [0.717, 1.165) is 11.6 Å². The van der Waals surface area contributed by atoms with Gasteiger partial charge < -0.3 is 10.6 Å². The lowest BCUT2D eigenvalue weighted by atomic mass is 9.86. The number of rotatable bonds is 2. The van der Waals surface area contributed by atoms with Crippen LogP contribution >= 0.6 is 15.9 Å². The third kappa shape index (κ3) is 2.79. The van der Waals surface area contributed by atoms with Crippen molar-refractivity contribution in [2.45, 2.75) is 38.6 Å². The molecule has 0 spiro atoms. The summed E-state index contributed by atoms with van der Waals surface area (Å²) in [4.78, 5) is 2.20. The molecule has 2 rings (SSSR count). The minimum atomic E-state index is -0.304. The first kappa shape index (κ1) is 13.7. The molecule has 1 aliphatic rings. The maximum Gasteiger partial charge on any atom is 0.139 e. The number of nitrogens with two attached hydrogens (primary N) is 1. The SMILES string of the molecule is CC1CCCC(N(C)c2cc(Br)c(F)cc2N)C1. The molecule has 1 fully saturated rings. The van der Waals surface area contributed by atoms with Crippen molar-refractivity contribution in [1.29, 1.82) is 0 Å². The molecule has 0 radical (unpaired) electrons. The number of nitrogens with zero attached hydrogens (tertiary/aromatic N) is 1. The van der Waals surface area contributed by atoms with Crippen LogP contribution in [0.25, 0.3) is 0 Å². The summed E-state index contributed by atoms with van der Waals surface area (Å²) >= 11 is 3.23. The second-order valence-electron chi connectivity index (χ2n) is 5.36. The Hall–Kier alpha value is -0.770. The van der Waals surface area contributed by atoms with E-state index in [9.17, 15) is 4.39 Å². The van der Waals surface area contributed by atoms with Crippen LogP contribution < -0.4 is 10.6 Å². The van der Waals surface area contributed by atoms with Gasteiger partial charge in [-0.15, -0.1) is 0 Å². The third-order valence-corrected chi connectivity index (χ3v) is 4.51. The fraction of sp³-hybridized carbons (Fsp3) is 0.571. The molecule has 2 atom stereocenters. The molecule has 0 heterocycles. The van der Waals surface area contributed by atoms with E-state index in [1.54, 1.807) is 6.07 Å². The number of hydrogen-bond donors (Lipinski definition) is 1. The molecule has 2 unspecified atom stereocenters. The van der Waals surface area contributed by atoms with Crippen LogP contribution in [0.15, 0.2) is 16.6 Å². The zero-order valence-electron chi connectivity index (χ0n) is 10.9. The van der Waals surface area contributed by atoms with Gasteiger partial charge in [-0.05, 0) is 40.8 Å². The molecule has 100 valence electrons. The monoisotopic (exact) mass is 314 g/mol. The molecule has 18 heavy (non-hydrogen) atoms. The normalized spacial score (nSPS) is 24.0. The second kappa shape index (κ2) is 5.47.